The van der Waals surface area contributed by atoms with E-state index in [9.17, 15) is 0 Å². The van der Waals surface area contributed by atoms with Gasteiger partial charge in [-0.1, -0.05) is 30.3 Å². The van der Waals surface area contributed by atoms with Gasteiger partial charge in [0.05, 0.1) is 6.61 Å². The Hall–Kier alpha value is -1.35. The normalized spacial score (nSPS) is 25.3. The van der Waals surface area contributed by atoms with E-state index in [2.05, 4.69) is 17.1 Å². The van der Waals surface area contributed by atoms with Crippen LogP contribution in [0.4, 0.5) is 0 Å². The molecule has 0 amide bonds. The summed E-state index contributed by atoms with van der Waals surface area (Å²) in [5.41, 5.74) is 7.16. The van der Waals surface area contributed by atoms with Gasteiger partial charge in [-0.2, -0.15) is 0 Å². The SMILES string of the molecule is COCC1CN=C(N)C1c1ccccc1. The topological polar surface area (TPSA) is 47.6 Å². The van der Waals surface area contributed by atoms with Crippen LogP contribution in [-0.2, 0) is 4.74 Å². The molecule has 1 aromatic rings. The monoisotopic (exact) mass is 204 g/mol. The minimum Gasteiger partial charge on any atom is -0.387 e. The summed E-state index contributed by atoms with van der Waals surface area (Å²) in [4.78, 5) is 4.31. The summed E-state index contributed by atoms with van der Waals surface area (Å²) in [7, 11) is 1.72. The van der Waals surface area contributed by atoms with E-state index in [1.54, 1.807) is 7.11 Å². The Morgan fingerprint density at radius 1 is 1.40 bits per heavy atom. The van der Waals surface area contributed by atoms with Crippen molar-refractivity contribution in [1.29, 1.82) is 0 Å². The van der Waals surface area contributed by atoms with Crippen molar-refractivity contribution in [3.8, 4) is 0 Å². The van der Waals surface area contributed by atoms with Crippen LogP contribution in [0.1, 0.15) is 11.5 Å². The maximum atomic E-state index is 5.93. The van der Waals surface area contributed by atoms with Gasteiger partial charge in [0.25, 0.3) is 0 Å². The first-order chi connectivity index (χ1) is 7.33. The molecule has 80 valence electrons. The van der Waals surface area contributed by atoms with E-state index < -0.39 is 0 Å². The smallest absolute Gasteiger partial charge is 0.102 e. The summed E-state index contributed by atoms with van der Waals surface area (Å²) in [5.74, 6) is 1.35. The molecule has 1 aliphatic rings. The highest BCUT2D eigenvalue weighted by Gasteiger charge is 2.30. The molecule has 1 heterocycles. The molecule has 0 spiro atoms. The second-order valence-electron chi connectivity index (χ2n) is 3.87. The van der Waals surface area contributed by atoms with Gasteiger partial charge >= 0.3 is 0 Å². The van der Waals surface area contributed by atoms with Gasteiger partial charge in [-0.25, -0.2) is 0 Å². The first-order valence-corrected chi connectivity index (χ1v) is 5.16. The van der Waals surface area contributed by atoms with Gasteiger partial charge in [0.2, 0.25) is 0 Å². The fourth-order valence-corrected chi connectivity index (χ4v) is 2.13. The van der Waals surface area contributed by atoms with Crippen LogP contribution >= 0.6 is 0 Å². The van der Waals surface area contributed by atoms with Crippen LogP contribution in [0.5, 0.6) is 0 Å². The van der Waals surface area contributed by atoms with Crippen LogP contribution in [0.3, 0.4) is 0 Å². The lowest BCUT2D eigenvalue weighted by atomic mass is 9.88. The Bertz CT molecular complexity index is 348. The average molecular weight is 204 g/mol. The molecule has 0 aromatic heterocycles. The van der Waals surface area contributed by atoms with Crippen molar-refractivity contribution < 1.29 is 4.74 Å². The van der Waals surface area contributed by atoms with Crippen LogP contribution in [0.25, 0.3) is 0 Å². The van der Waals surface area contributed by atoms with Crippen LogP contribution in [0.2, 0.25) is 0 Å². The predicted octanol–water partition coefficient (Wildman–Crippen LogP) is 1.40. The third kappa shape index (κ3) is 2.02. The molecule has 0 radical (unpaired) electrons. The molecule has 15 heavy (non-hydrogen) atoms. The molecule has 2 atom stereocenters. The van der Waals surface area contributed by atoms with Crippen molar-refractivity contribution in [2.75, 3.05) is 20.3 Å². The van der Waals surface area contributed by atoms with Gasteiger partial charge in [0.1, 0.15) is 5.84 Å². The van der Waals surface area contributed by atoms with Gasteiger partial charge in [0.15, 0.2) is 0 Å². The molecule has 3 nitrogen and oxygen atoms in total. The van der Waals surface area contributed by atoms with E-state index in [0.717, 1.165) is 12.4 Å². The summed E-state index contributed by atoms with van der Waals surface area (Å²) >= 11 is 0. The molecule has 2 rings (SSSR count). The first-order valence-electron chi connectivity index (χ1n) is 5.16. The second-order valence-corrected chi connectivity index (χ2v) is 3.87. The van der Waals surface area contributed by atoms with Crippen LogP contribution < -0.4 is 5.73 Å². The number of nitrogens with zero attached hydrogens (tertiary/aromatic N) is 1. The molecule has 0 bridgehead atoms. The van der Waals surface area contributed by atoms with Gasteiger partial charge in [-0.05, 0) is 5.56 Å². The molecule has 1 aliphatic heterocycles. The minimum absolute atomic E-state index is 0.228. The lowest BCUT2D eigenvalue weighted by Crippen LogP contribution is -2.25. The summed E-state index contributed by atoms with van der Waals surface area (Å²) < 4.78 is 5.20. The van der Waals surface area contributed by atoms with Gasteiger partial charge in [-0.15, -0.1) is 0 Å². The quantitative estimate of drug-likeness (QED) is 0.809. The van der Waals surface area contributed by atoms with E-state index in [1.165, 1.54) is 5.56 Å². The Kier molecular flexibility index (Phi) is 3.02. The molecule has 3 heteroatoms. The number of hydrogen-bond donors (Lipinski definition) is 1. The fourth-order valence-electron chi connectivity index (χ4n) is 2.13. The highest BCUT2D eigenvalue weighted by Crippen LogP contribution is 2.29. The number of methoxy groups -OCH3 is 1. The van der Waals surface area contributed by atoms with Gasteiger partial charge in [0, 0.05) is 25.5 Å². The number of rotatable bonds is 3. The van der Waals surface area contributed by atoms with Gasteiger partial charge in [-0.3, -0.25) is 4.99 Å². The Labute approximate surface area is 90.0 Å². The van der Waals surface area contributed by atoms with Crippen molar-refractivity contribution in [3.05, 3.63) is 35.9 Å². The van der Waals surface area contributed by atoms with Crippen molar-refractivity contribution >= 4 is 5.84 Å². The number of amidine groups is 1. The minimum atomic E-state index is 0.228. The molecule has 0 fully saturated rings. The van der Waals surface area contributed by atoms with E-state index >= 15 is 0 Å². The fraction of sp³-hybridized carbons (Fsp3) is 0.417. The highest BCUT2D eigenvalue weighted by molar-refractivity contribution is 5.89. The van der Waals surface area contributed by atoms with Gasteiger partial charge < -0.3 is 10.5 Å². The molecular formula is C12H16N2O. The molecule has 0 saturated heterocycles. The zero-order valence-corrected chi connectivity index (χ0v) is 8.89. The number of benzene rings is 1. The third-order valence-electron chi connectivity index (χ3n) is 2.84. The standard InChI is InChI=1S/C12H16N2O/c1-15-8-10-7-14-12(13)11(10)9-5-3-2-4-6-9/h2-6,10-11H,7-8H2,1H3,(H2,13,14). The number of aliphatic imine (C=N–C) groups is 1. The van der Waals surface area contributed by atoms with Crippen LogP contribution in [0.15, 0.2) is 35.3 Å². The maximum Gasteiger partial charge on any atom is 0.102 e. The number of nitrogens with two attached hydrogens (primary N) is 1. The Morgan fingerprint density at radius 3 is 2.80 bits per heavy atom. The highest BCUT2D eigenvalue weighted by atomic mass is 16.5. The summed E-state index contributed by atoms with van der Waals surface area (Å²) in [6.45, 7) is 1.49. The molecule has 2 unspecified atom stereocenters. The predicted molar refractivity (Wildman–Crippen MR) is 61.0 cm³/mol. The van der Waals surface area contributed by atoms with Crippen molar-refractivity contribution in [2.24, 2.45) is 16.6 Å². The molecule has 1 aromatic carbocycles. The van der Waals surface area contributed by atoms with E-state index in [4.69, 9.17) is 10.5 Å². The zero-order valence-electron chi connectivity index (χ0n) is 8.89. The lowest BCUT2D eigenvalue weighted by molar-refractivity contribution is 0.155. The van der Waals surface area contributed by atoms with Crippen LogP contribution in [0, 0.1) is 5.92 Å². The molecular weight excluding hydrogens is 188 g/mol. The summed E-state index contributed by atoms with van der Waals surface area (Å²) in [6, 6.07) is 10.3. The van der Waals surface area contributed by atoms with E-state index in [-0.39, 0.29) is 5.92 Å². The van der Waals surface area contributed by atoms with E-state index in [0.29, 0.717) is 12.5 Å². The van der Waals surface area contributed by atoms with Crippen molar-refractivity contribution in [1.82, 2.24) is 0 Å². The first kappa shape index (κ1) is 10.2. The number of hydrogen-bond acceptors (Lipinski definition) is 3. The zero-order chi connectivity index (χ0) is 10.7. The maximum absolute atomic E-state index is 5.93. The second kappa shape index (κ2) is 4.45. The largest absolute Gasteiger partial charge is 0.387 e. The lowest BCUT2D eigenvalue weighted by Gasteiger charge is -2.19. The van der Waals surface area contributed by atoms with Crippen molar-refractivity contribution in [2.45, 2.75) is 5.92 Å². The Balaban J connectivity index is 2.22. The number of ether oxygens (including phenoxy) is 1. The third-order valence-corrected chi connectivity index (χ3v) is 2.84. The Morgan fingerprint density at radius 2 is 2.13 bits per heavy atom. The summed E-state index contributed by atoms with van der Waals surface area (Å²) in [6.07, 6.45) is 0. The molecule has 2 N–H and O–H groups in total. The van der Waals surface area contributed by atoms with E-state index in [1.807, 2.05) is 18.2 Å². The van der Waals surface area contributed by atoms with Crippen molar-refractivity contribution in [3.63, 3.8) is 0 Å². The average Bonchev–Trinajstić information content (AvgIpc) is 2.62. The summed E-state index contributed by atoms with van der Waals surface area (Å²) in [5, 5.41) is 0. The van der Waals surface area contributed by atoms with Crippen LogP contribution in [-0.4, -0.2) is 26.1 Å². The molecule has 0 aliphatic carbocycles. The molecule has 0 saturated carbocycles.